The van der Waals surface area contributed by atoms with E-state index in [1.54, 1.807) is 16.9 Å². The van der Waals surface area contributed by atoms with E-state index in [9.17, 15) is 4.79 Å². The van der Waals surface area contributed by atoms with Crippen LogP contribution in [0, 0.1) is 0 Å². The van der Waals surface area contributed by atoms with E-state index in [-0.39, 0.29) is 11.9 Å². The quantitative estimate of drug-likeness (QED) is 0.742. The lowest BCUT2D eigenvalue weighted by atomic mass is 10.2. The highest BCUT2D eigenvalue weighted by atomic mass is 32.1. The van der Waals surface area contributed by atoms with Gasteiger partial charge in [0.2, 0.25) is 16.0 Å². The summed E-state index contributed by atoms with van der Waals surface area (Å²) in [5.74, 6) is -0.00395. The number of hydrogen-bond donors (Lipinski definition) is 1. The summed E-state index contributed by atoms with van der Waals surface area (Å²) >= 11 is 1.47. The van der Waals surface area contributed by atoms with Gasteiger partial charge in [-0.1, -0.05) is 11.3 Å². The van der Waals surface area contributed by atoms with Gasteiger partial charge < -0.3 is 10.2 Å². The van der Waals surface area contributed by atoms with Gasteiger partial charge in [0.1, 0.15) is 0 Å². The van der Waals surface area contributed by atoms with Gasteiger partial charge in [0.05, 0.1) is 18.4 Å². The van der Waals surface area contributed by atoms with Crippen molar-refractivity contribution >= 4 is 27.3 Å². The van der Waals surface area contributed by atoms with Crippen LogP contribution in [0.15, 0.2) is 30.7 Å². The van der Waals surface area contributed by atoms with Crippen LogP contribution in [0.2, 0.25) is 0 Å². The van der Waals surface area contributed by atoms with Crippen molar-refractivity contribution in [2.24, 2.45) is 0 Å². The molecule has 0 atom stereocenters. The maximum atomic E-state index is 12.0. The predicted molar refractivity (Wildman–Crippen MR) is 95.3 cm³/mol. The molecule has 3 rings (SSSR count). The van der Waals surface area contributed by atoms with Gasteiger partial charge in [-0.15, -0.1) is 5.10 Å². The molecule has 0 fully saturated rings. The highest BCUT2D eigenvalue weighted by Crippen LogP contribution is 2.26. The minimum absolute atomic E-state index is 0.00395. The van der Waals surface area contributed by atoms with Gasteiger partial charge in [-0.3, -0.25) is 9.78 Å². The Bertz CT molecular complexity index is 794. The van der Waals surface area contributed by atoms with Crippen molar-refractivity contribution in [3.05, 3.63) is 30.7 Å². The second-order valence-corrected chi connectivity index (χ2v) is 6.65. The second kappa shape index (κ2) is 6.96. The van der Waals surface area contributed by atoms with Crippen molar-refractivity contribution in [1.82, 2.24) is 24.9 Å². The van der Waals surface area contributed by atoms with E-state index in [1.807, 2.05) is 44.0 Å². The molecule has 0 radical (unpaired) electrons. The van der Waals surface area contributed by atoms with Crippen LogP contribution in [0.25, 0.3) is 16.2 Å². The third kappa shape index (κ3) is 3.53. The fourth-order valence-electron chi connectivity index (χ4n) is 2.33. The highest BCUT2D eigenvalue weighted by molar-refractivity contribution is 7.20. The number of likely N-dealkylation sites (N-methyl/N-ethyl adjacent to an activating group) is 1. The molecule has 8 heteroatoms. The normalized spacial score (nSPS) is 11.2. The third-order valence-electron chi connectivity index (χ3n) is 3.43. The van der Waals surface area contributed by atoms with E-state index in [0.29, 0.717) is 13.1 Å². The molecule has 0 saturated heterocycles. The van der Waals surface area contributed by atoms with E-state index < -0.39 is 0 Å². The van der Waals surface area contributed by atoms with Gasteiger partial charge in [-0.05, 0) is 32.9 Å². The molecule has 0 saturated carbocycles. The molecule has 24 heavy (non-hydrogen) atoms. The van der Waals surface area contributed by atoms with Gasteiger partial charge in [0.15, 0.2) is 0 Å². The van der Waals surface area contributed by atoms with Crippen LogP contribution in [0.3, 0.4) is 0 Å². The first-order valence-corrected chi connectivity index (χ1v) is 8.69. The molecule has 126 valence electrons. The van der Waals surface area contributed by atoms with Gasteiger partial charge in [-0.2, -0.15) is 0 Å². The highest BCUT2D eigenvalue weighted by Gasteiger charge is 2.17. The number of carbonyl (C=O) groups excluding carboxylic acids is 1. The average molecular weight is 344 g/mol. The number of aromatic nitrogens is 4. The molecule has 0 aliphatic heterocycles. The van der Waals surface area contributed by atoms with Gasteiger partial charge in [-0.25, -0.2) is 9.50 Å². The van der Waals surface area contributed by atoms with Crippen molar-refractivity contribution in [1.29, 1.82) is 0 Å². The Labute approximate surface area is 144 Å². The summed E-state index contributed by atoms with van der Waals surface area (Å²) in [5, 5.41) is 8.25. The molecule has 3 aromatic rings. The van der Waals surface area contributed by atoms with E-state index in [0.717, 1.165) is 21.3 Å². The van der Waals surface area contributed by atoms with Gasteiger partial charge in [0, 0.05) is 30.5 Å². The molecule has 0 aromatic carbocycles. The van der Waals surface area contributed by atoms with E-state index in [4.69, 9.17) is 0 Å². The first-order chi connectivity index (χ1) is 11.6. The Hall–Kier alpha value is -2.48. The average Bonchev–Trinajstić information content (AvgIpc) is 3.11. The van der Waals surface area contributed by atoms with Crippen LogP contribution in [0.5, 0.6) is 0 Å². The first kappa shape index (κ1) is 16.4. The lowest BCUT2D eigenvalue weighted by Crippen LogP contribution is -2.40. The molecule has 1 N–H and O–H groups in total. The summed E-state index contributed by atoms with van der Waals surface area (Å²) in [5.41, 5.74) is 1.80. The van der Waals surface area contributed by atoms with Gasteiger partial charge in [0.25, 0.3) is 0 Å². The molecule has 0 aliphatic rings. The van der Waals surface area contributed by atoms with Crippen LogP contribution >= 0.6 is 11.3 Å². The molecule has 0 spiro atoms. The summed E-state index contributed by atoms with van der Waals surface area (Å²) in [6.45, 7) is 6.91. The Balaban J connectivity index is 1.80. The Kier molecular flexibility index (Phi) is 4.75. The number of hydrogen-bond acceptors (Lipinski definition) is 6. The zero-order valence-electron chi connectivity index (χ0n) is 13.9. The number of amides is 1. The topological polar surface area (TPSA) is 75.4 Å². The molecule has 3 aromatic heterocycles. The zero-order valence-corrected chi connectivity index (χ0v) is 14.7. The van der Waals surface area contributed by atoms with Crippen LogP contribution < -0.4 is 10.2 Å². The summed E-state index contributed by atoms with van der Waals surface area (Å²) in [6.07, 6.45) is 5.40. The SMILES string of the molecule is CCN(CC(=O)NC(C)C)c1nn2cc(-c3cccnc3)nc2s1. The van der Waals surface area contributed by atoms with E-state index in [1.165, 1.54) is 11.3 Å². The zero-order chi connectivity index (χ0) is 17.1. The molecule has 7 nitrogen and oxygen atoms in total. The van der Waals surface area contributed by atoms with E-state index >= 15 is 0 Å². The maximum Gasteiger partial charge on any atom is 0.239 e. The van der Waals surface area contributed by atoms with Crippen molar-refractivity contribution in [3.63, 3.8) is 0 Å². The summed E-state index contributed by atoms with van der Waals surface area (Å²) in [7, 11) is 0. The standard InChI is InChI=1S/C16H20N6OS/c1-4-21(10-14(23)18-11(2)3)16-20-22-9-13(19-15(22)24-16)12-6-5-7-17-8-12/h5-9,11H,4,10H2,1-3H3,(H,18,23). The predicted octanol–water partition coefficient (Wildman–Crippen LogP) is 2.20. The number of pyridine rings is 1. The monoisotopic (exact) mass is 344 g/mol. The number of nitrogens with one attached hydrogen (secondary N) is 1. The van der Waals surface area contributed by atoms with Crippen LogP contribution in [-0.2, 0) is 4.79 Å². The van der Waals surface area contributed by atoms with Crippen molar-refractivity contribution < 1.29 is 4.79 Å². The Morgan fingerprint density at radius 1 is 1.46 bits per heavy atom. The van der Waals surface area contributed by atoms with Crippen molar-refractivity contribution in [2.75, 3.05) is 18.0 Å². The molecule has 0 aliphatic carbocycles. The molecule has 3 heterocycles. The lowest BCUT2D eigenvalue weighted by molar-refractivity contribution is -0.120. The number of fused-ring (bicyclic) bond motifs is 1. The molecular weight excluding hydrogens is 324 g/mol. The van der Waals surface area contributed by atoms with Crippen LogP contribution in [0.4, 0.5) is 5.13 Å². The minimum atomic E-state index is -0.00395. The second-order valence-electron chi connectivity index (χ2n) is 5.72. The fourth-order valence-corrected chi connectivity index (χ4v) is 3.27. The van der Waals surface area contributed by atoms with Crippen LogP contribution in [0.1, 0.15) is 20.8 Å². The summed E-state index contributed by atoms with van der Waals surface area (Å²) in [4.78, 5) is 23.4. The van der Waals surface area contributed by atoms with Gasteiger partial charge >= 0.3 is 0 Å². The minimum Gasteiger partial charge on any atom is -0.352 e. The number of imidazole rings is 1. The fraction of sp³-hybridized carbons (Fsp3) is 0.375. The largest absolute Gasteiger partial charge is 0.352 e. The number of rotatable bonds is 6. The summed E-state index contributed by atoms with van der Waals surface area (Å²) in [6, 6.07) is 3.98. The molecule has 0 bridgehead atoms. The summed E-state index contributed by atoms with van der Waals surface area (Å²) < 4.78 is 1.76. The number of nitrogens with zero attached hydrogens (tertiary/aromatic N) is 5. The molecule has 1 amide bonds. The Morgan fingerprint density at radius 3 is 2.92 bits per heavy atom. The van der Waals surface area contributed by atoms with Crippen molar-refractivity contribution in [2.45, 2.75) is 26.8 Å². The lowest BCUT2D eigenvalue weighted by Gasteiger charge is -2.19. The molecular formula is C16H20N6OS. The van der Waals surface area contributed by atoms with Crippen molar-refractivity contribution in [3.8, 4) is 11.3 Å². The first-order valence-electron chi connectivity index (χ1n) is 7.87. The van der Waals surface area contributed by atoms with Crippen LogP contribution in [-0.4, -0.2) is 44.6 Å². The third-order valence-corrected chi connectivity index (χ3v) is 4.41. The number of anilines is 1. The molecule has 0 unspecified atom stereocenters. The Morgan fingerprint density at radius 2 is 2.29 bits per heavy atom. The smallest absolute Gasteiger partial charge is 0.239 e. The number of carbonyl (C=O) groups is 1. The maximum absolute atomic E-state index is 12.0. The van der Waals surface area contributed by atoms with E-state index in [2.05, 4.69) is 20.4 Å².